The molecule has 0 radical (unpaired) electrons. The second-order valence-corrected chi connectivity index (χ2v) is 8.40. The molecule has 0 saturated heterocycles. The summed E-state index contributed by atoms with van der Waals surface area (Å²) in [5, 5.41) is 6.38. The van der Waals surface area contributed by atoms with Gasteiger partial charge in [-0.2, -0.15) is 0 Å². The molecule has 0 aliphatic carbocycles. The van der Waals surface area contributed by atoms with Crippen molar-refractivity contribution in [3.05, 3.63) is 71.0 Å². The van der Waals surface area contributed by atoms with Gasteiger partial charge in [-0.25, -0.2) is 19.3 Å². The molecule has 0 bridgehead atoms. The molecule has 37 heavy (non-hydrogen) atoms. The number of rotatable bonds is 13. The average molecular weight is 507 g/mol. The Morgan fingerprint density at radius 2 is 1.76 bits per heavy atom. The van der Waals surface area contributed by atoms with Gasteiger partial charge in [0.1, 0.15) is 5.82 Å². The van der Waals surface area contributed by atoms with E-state index >= 15 is 0 Å². The monoisotopic (exact) mass is 506 g/mol. The standard InChI is InChI=1S/C27H31FN6O3/c1-3-14-37-15-13-34-23-16-20(19-5-10-24(36-2)31-17-19)18-32-25(23)33-26(27(34)35)30-12-4-11-29-22-8-6-21(28)7-9-22/h5-10,16-18,29H,3-4,11-15H2,1-2H3,(H,30,32,33). The Balaban J connectivity index is 1.52. The van der Waals surface area contributed by atoms with Gasteiger partial charge in [-0.05, 0) is 49.2 Å². The largest absolute Gasteiger partial charge is 0.481 e. The highest BCUT2D eigenvalue weighted by Crippen LogP contribution is 2.23. The minimum atomic E-state index is -0.271. The molecule has 2 N–H and O–H groups in total. The van der Waals surface area contributed by atoms with Crippen LogP contribution in [0.4, 0.5) is 15.9 Å². The summed E-state index contributed by atoms with van der Waals surface area (Å²) in [4.78, 5) is 26.7. The molecule has 3 heterocycles. The van der Waals surface area contributed by atoms with Crippen LogP contribution in [-0.4, -0.2) is 52.9 Å². The number of methoxy groups -OCH3 is 1. The van der Waals surface area contributed by atoms with E-state index in [0.717, 1.165) is 29.7 Å². The van der Waals surface area contributed by atoms with E-state index in [9.17, 15) is 9.18 Å². The van der Waals surface area contributed by atoms with Crippen molar-refractivity contribution in [3.8, 4) is 17.0 Å². The minimum Gasteiger partial charge on any atom is -0.481 e. The fourth-order valence-corrected chi connectivity index (χ4v) is 3.79. The van der Waals surface area contributed by atoms with E-state index in [1.54, 1.807) is 42.3 Å². The number of hydrogen-bond donors (Lipinski definition) is 2. The normalized spacial score (nSPS) is 11.0. The number of ether oxygens (including phenoxy) is 2. The first kappa shape index (κ1) is 26.0. The van der Waals surface area contributed by atoms with E-state index in [-0.39, 0.29) is 17.2 Å². The molecular weight excluding hydrogens is 475 g/mol. The Labute approximate surface area is 214 Å². The summed E-state index contributed by atoms with van der Waals surface area (Å²) in [5.41, 5.74) is 3.37. The molecule has 194 valence electrons. The van der Waals surface area contributed by atoms with Gasteiger partial charge in [-0.1, -0.05) is 6.92 Å². The third kappa shape index (κ3) is 6.79. The molecule has 0 amide bonds. The van der Waals surface area contributed by atoms with Crippen molar-refractivity contribution in [1.29, 1.82) is 0 Å². The van der Waals surface area contributed by atoms with Crippen LogP contribution in [-0.2, 0) is 11.3 Å². The zero-order valence-corrected chi connectivity index (χ0v) is 21.0. The van der Waals surface area contributed by atoms with Gasteiger partial charge >= 0.3 is 0 Å². The Morgan fingerprint density at radius 1 is 0.973 bits per heavy atom. The number of nitrogens with one attached hydrogen (secondary N) is 2. The number of pyridine rings is 2. The average Bonchev–Trinajstić information content (AvgIpc) is 2.93. The third-order valence-corrected chi connectivity index (χ3v) is 5.71. The number of hydrogen-bond acceptors (Lipinski definition) is 8. The Morgan fingerprint density at radius 3 is 2.49 bits per heavy atom. The van der Waals surface area contributed by atoms with Gasteiger partial charge in [-0.15, -0.1) is 0 Å². The molecule has 10 heteroatoms. The molecule has 9 nitrogen and oxygen atoms in total. The quantitative estimate of drug-likeness (QED) is 0.258. The van der Waals surface area contributed by atoms with E-state index in [1.165, 1.54) is 12.1 Å². The van der Waals surface area contributed by atoms with Gasteiger partial charge in [0.15, 0.2) is 11.5 Å². The highest BCUT2D eigenvalue weighted by atomic mass is 19.1. The van der Waals surface area contributed by atoms with Gasteiger partial charge in [0, 0.05) is 61.5 Å². The lowest BCUT2D eigenvalue weighted by atomic mass is 10.1. The fourth-order valence-electron chi connectivity index (χ4n) is 3.79. The predicted molar refractivity (Wildman–Crippen MR) is 143 cm³/mol. The highest BCUT2D eigenvalue weighted by molar-refractivity contribution is 5.78. The van der Waals surface area contributed by atoms with Crippen molar-refractivity contribution in [1.82, 2.24) is 19.5 Å². The van der Waals surface area contributed by atoms with Crippen LogP contribution < -0.4 is 20.9 Å². The lowest BCUT2D eigenvalue weighted by Crippen LogP contribution is -2.28. The topological polar surface area (TPSA) is 103 Å². The lowest BCUT2D eigenvalue weighted by Gasteiger charge is -2.14. The van der Waals surface area contributed by atoms with Crippen LogP contribution in [0.2, 0.25) is 0 Å². The number of halogens is 1. The molecule has 0 atom stereocenters. The van der Waals surface area contributed by atoms with Crippen LogP contribution in [0, 0.1) is 5.82 Å². The second kappa shape index (κ2) is 12.8. The third-order valence-electron chi connectivity index (χ3n) is 5.71. The van der Waals surface area contributed by atoms with Crippen LogP contribution in [0.25, 0.3) is 22.3 Å². The number of aromatic nitrogens is 4. The van der Waals surface area contributed by atoms with Gasteiger partial charge in [0.2, 0.25) is 5.88 Å². The van der Waals surface area contributed by atoms with E-state index in [1.807, 2.05) is 19.1 Å². The molecule has 0 unspecified atom stereocenters. The van der Waals surface area contributed by atoms with Crippen LogP contribution in [0.3, 0.4) is 0 Å². The SMILES string of the molecule is CCCOCCn1c(=O)c(NCCCNc2ccc(F)cc2)nc2ncc(-c3ccc(OC)nc3)cc21. The number of fused-ring (bicyclic) bond motifs is 1. The van der Waals surface area contributed by atoms with E-state index in [4.69, 9.17) is 9.47 Å². The Kier molecular flexibility index (Phi) is 8.98. The van der Waals surface area contributed by atoms with Crippen LogP contribution >= 0.6 is 0 Å². The van der Waals surface area contributed by atoms with Gasteiger partial charge < -0.3 is 20.1 Å². The Bertz CT molecular complexity index is 1360. The molecule has 0 fully saturated rings. The minimum absolute atomic E-state index is 0.231. The summed E-state index contributed by atoms with van der Waals surface area (Å²) in [6.07, 6.45) is 5.06. The van der Waals surface area contributed by atoms with Gasteiger partial charge in [0.25, 0.3) is 5.56 Å². The fraction of sp³-hybridized carbons (Fsp3) is 0.333. The molecule has 1 aromatic carbocycles. The molecule has 0 spiro atoms. The maximum Gasteiger partial charge on any atom is 0.293 e. The second-order valence-electron chi connectivity index (χ2n) is 8.40. The maximum absolute atomic E-state index is 13.4. The molecule has 4 aromatic rings. The van der Waals surface area contributed by atoms with Gasteiger partial charge in [0.05, 0.1) is 19.2 Å². The summed E-state index contributed by atoms with van der Waals surface area (Å²) in [7, 11) is 1.57. The molecular formula is C27H31FN6O3. The van der Waals surface area contributed by atoms with Crippen LogP contribution in [0.15, 0.2) is 59.7 Å². The number of anilines is 2. The smallest absolute Gasteiger partial charge is 0.293 e. The van der Waals surface area contributed by atoms with Crippen LogP contribution in [0.5, 0.6) is 5.88 Å². The summed E-state index contributed by atoms with van der Waals surface area (Å²) in [6, 6.07) is 11.8. The molecule has 3 aromatic heterocycles. The van der Waals surface area contributed by atoms with Crippen molar-refractivity contribution in [2.45, 2.75) is 26.3 Å². The summed E-state index contributed by atoms with van der Waals surface area (Å²) in [5.74, 6) is 0.497. The van der Waals surface area contributed by atoms with E-state index < -0.39 is 0 Å². The zero-order valence-electron chi connectivity index (χ0n) is 21.0. The van der Waals surface area contributed by atoms with Gasteiger partial charge in [-0.3, -0.25) is 9.36 Å². The van der Waals surface area contributed by atoms with Crippen molar-refractivity contribution in [2.24, 2.45) is 0 Å². The lowest BCUT2D eigenvalue weighted by molar-refractivity contribution is 0.127. The first-order chi connectivity index (χ1) is 18.1. The van der Waals surface area contributed by atoms with Crippen LogP contribution in [0.1, 0.15) is 19.8 Å². The summed E-state index contributed by atoms with van der Waals surface area (Å²) in [6.45, 7) is 4.64. The molecule has 0 saturated carbocycles. The summed E-state index contributed by atoms with van der Waals surface area (Å²) >= 11 is 0. The first-order valence-electron chi connectivity index (χ1n) is 12.3. The molecule has 4 rings (SSSR count). The molecule has 0 aliphatic heterocycles. The van der Waals surface area contributed by atoms with Crippen molar-refractivity contribution in [3.63, 3.8) is 0 Å². The van der Waals surface area contributed by atoms with Crippen molar-refractivity contribution < 1.29 is 13.9 Å². The zero-order chi connectivity index (χ0) is 26.0. The maximum atomic E-state index is 13.4. The molecule has 0 aliphatic rings. The van der Waals surface area contributed by atoms with Crippen molar-refractivity contribution >= 4 is 22.7 Å². The first-order valence-corrected chi connectivity index (χ1v) is 12.3. The summed E-state index contributed by atoms with van der Waals surface area (Å²) < 4.78 is 25.5. The highest BCUT2D eigenvalue weighted by Gasteiger charge is 2.13. The van der Waals surface area contributed by atoms with E-state index in [0.29, 0.717) is 49.9 Å². The van der Waals surface area contributed by atoms with Crippen molar-refractivity contribution in [2.75, 3.05) is 44.0 Å². The number of nitrogens with zero attached hydrogens (tertiary/aromatic N) is 4. The van der Waals surface area contributed by atoms with E-state index in [2.05, 4.69) is 25.6 Å². The Hall–Kier alpha value is -4.05. The number of benzene rings is 1. The predicted octanol–water partition coefficient (Wildman–Crippen LogP) is 4.34.